The first-order chi connectivity index (χ1) is 16.1. The SMILES string of the molecule is O=C(NC12CC(c3ccc(OCCOC(F)(F)F)nc3)(C1)C2)[C@H]1C[C@@H](O)c2cc(Cl)ccc2O1. The number of amides is 1. The summed E-state index contributed by atoms with van der Waals surface area (Å²) in [5.41, 5.74) is 1.20. The van der Waals surface area contributed by atoms with E-state index in [0.717, 1.165) is 24.8 Å². The van der Waals surface area contributed by atoms with Gasteiger partial charge in [0.25, 0.3) is 5.91 Å². The lowest BCUT2D eigenvalue weighted by Crippen LogP contribution is -2.77. The Balaban J connectivity index is 1.12. The number of pyridine rings is 1. The summed E-state index contributed by atoms with van der Waals surface area (Å²) in [6, 6.07) is 8.41. The van der Waals surface area contributed by atoms with Gasteiger partial charge in [0.2, 0.25) is 5.88 Å². The molecule has 1 aromatic heterocycles. The molecule has 1 amide bonds. The summed E-state index contributed by atoms with van der Waals surface area (Å²) in [5.74, 6) is 0.422. The van der Waals surface area contributed by atoms with Crippen LogP contribution in [-0.4, -0.2) is 47.2 Å². The summed E-state index contributed by atoms with van der Waals surface area (Å²) < 4.78 is 50.6. The maximum Gasteiger partial charge on any atom is 0.522 e. The molecule has 0 unspecified atom stereocenters. The normalized spacial score (nSPS) is 29.2. The molecule has 3 fully saturated rings. The third-order valence-electron chi connectivity index (χ3n) is 6.70. The maximum absolute atomic E-state index is 12.8. The standard InChI is InChI=1S/C23H22ClF3N2O5/c24-14-2-3-17-15(7-14)16(30)8-18(34-17)20(31)29-22-10-21(11-22,12-22)13-1-4-19(28-9-13)32-5-6-33-23(25,26)27/h1-4,7,9,16,18,30H,5-6,8,10-12H2,(H,29,31)/t16-,18-,21?,22?/m1/s1. The third kappa shape index (κ3) is 4.42. The van der Waals surface area contributed by atoms with Crippen molar-refractivity contribution in [2.75, 3.05) is 13.2 Å². The number of ether oxygens (including phenoxy) is 3. The highest BCUT2D eigenvalue weighted by molar-refractivity contribution is 6.30. The molecule has 182 valence electrons. The van der Waals surface area contributed by atoms with E-state index in [9.17, 15) is 23.1 Å². The van der Waals surface area contributed by atoms with Gasteiger partial charge in [0, 0.05) is 40.2 Å². The number of aliphatic hydroxyl groups is 1. The number of aliphatic hydroxyl groups excluding tert-OH is 1. The quantitative estimate of drug-likeness (QED) is 0.564. The van der Waals surface area contributed by atoms with Gasteiger partial charge in [-0.05, 0) is 43.0 Å². The van der Waals surface area contributed by atoms with E-state index in [4.69, 9.17) is 21.1 Å². The number of nitrogens with one attached hydrogen (secondary N) is 1. The van der Waals surface area contributed by atoms with Crippen molar-refractivity contribution in [2.45, 2.75) is 55.2 Å². The largest absolute Gasteiger partial charge is 0.522 e. The molecule has 0 spiro atoms. The molecule has 2 atom stereocenters. The zero-order chi connectivity index (χ0) is 24.1. The van der Waals surface area contributed by atoms with E-state index in [0.29, 0.717) is 16.3 Å². The molecular formula is C23H22ClF3N2O5. The zero-order valence-corrected chi connectivity index (χ0v) is 18.7. The van der Waals surface area contributed by atoms with E-state index in [1.807, 2.05) is 6.07 Å². The van der Waals surface area contributed by atoms with Crippen molar-refractivity contribution in [3.05, 3.63) is 52.7 Å². The van der Waals surface area contributed by atoms with Crippen LogP contribution >= 0.6 is 11.6 Å². The summed E-state index contributed by atoms with van der Waals surface area (Å²) in [7, 11) is 0. The number of halogens is 4. The van der Waals surface area contributed by atoms with Gasteiger partial charge >= 0.3 is 6.36 Å². The fourth-order valence-electron chi connectivity index (χ4n) is 5.23. The fourth-order valence-corrected chi connectivity index (χ4v) is 5.41. The number of alkyl halides is 3. The fraction of sp³-hybridized carbons (Fsp3) is 0.478. The minimum Gasteiger partial charge on any atom is -0.480 e. The third-order valence-corrected chi connectivity index (χ3v) is 6.93. The Morgan fingerprint density at radius 1 is 1.24 bits per heavy atom. The lowest BCUT2D eigenvalue weighted by Gasteiger charge is -2.71. The average Bonchev–Trinajstić information content (AvgIpc) is 2.73. The van der Waals surface area contributed by atoms with Crippen LogP contribution in [0.3, 0.4) is 0 Å². The number of rotatable bonds is 7. The Kier molecular flexibility index (Phi) is 5.65. The summed E-state index contributed by atoms with van der Waals surface area (Å²) in [6.07, 6.45) is -2.21. The van der Waals surface area contributed by atoms with Gasteiger partial charge in [-0.1, -0.05) is 17.7 Å². The second-order valence-corrected chi connectivity index (χ2v) is 9.58. The predicted octanol–water partition coefficient (Wildman–Crippen LogP) is 3.83. The Morgan fingerprint density at radius 2 is 2.00 bits per heavy atom. The Bertz CT molecular complexity index is 1080. The van der Waals surface area contributed by atoms with Crippen molar-refractivity contribution in [3.63, 3.8) is 0 Å². The Morgan fingerprint density at radius 3 is 2.68 bits per heavy atom. The minimum absolute atomic E-state index is 0.0749. The van der Waals surface area contributed by atoms with Gasteiger partial charge in [-0.2, -0.15) is 0 Å². The van der Waals surface area contributed by atoms with Gasteiger partial charge in [-0.15, -0.1) is 13.2 Å². The second-order valence-electron chi connectivity index (χ2n) is 9.15. The summed E-state index contributed by atoms with van der Waals surface area (Å²) in [5, 5.41) is 14.0. The molecule has 6 rings (SSSR count). The van der Waals surface area contributed by atoms with Crippen LogP contribution in [0.15, 0.2) is 36.5 Å². The Labute approximate surface area is 198 Å². The maximum atomic E-state index is 12.8. The summed E-state index contributed by atoms with van der Waals surface area (Å²) >= 11 is 5.98. The van der Waals surface area contributed by atoms with Crippen molar-refractivity contribution >= 4 is 17.5 Å². The average molecular weight is 499 g/mol. The van der Waals surface area contributed by atoms with Crippen molar-refractivity contribution in [1.29, 1.82) is 0 Å². The number of hydrogen-bond donors (Lipinski definition) is 2. The van der Waals surface area contributed by atoms with Gasteiger partial charge in [0.15, 0.2) is 6.10 Å². The topological polar surface area (TPSA) is 89.9 Å². The van der Waals surface area contributed by atoms with Gasteiger partial charge in [0.05, 0.1) is 12.7 Å². The number of nitrogens with zero attached hydrogens (tertiary/aromatic N) is 1. The minimum atomic E-state index is -4.68. The molecule has 3 saturated carbocycles. The molecule has 0 radical (unpaired) electrons. The van der Waals surface area contributed by atoms with E-state index >= 15 is 0 Å². The molecule has 0 saturated heterocycles. The molecule has 1 aliphatic heterocycles. The van der Waals surface area contributed by atoms with E-state index in [2.05, 4.69) is 15.0 Å². The monoisotopic (exact) mass is 498 g/mol. The number of aromatic nitrogens is 1. The van der Waals surface area contributed by atoms with Gasteiger partial charge in [0.1, 0.15) is 12.4 Å². The number of fused-ring (bicyclic) bond motifs is 1. The number of benzene rings is 1. The van der Waals surface area contributed by atoms with Crippen molar-refractivity contribution in [2.24, 2.45) is 0 Å². The number of hydrogen-bond acceptors (Lipinski definition) is 6. The first-order valence-electron chi connectivity index (χ1n) is 10.8. The molecule has 4 aliphatic rings. The first kappa shape index (κ1) is 23.2. The molecule has 2 heterocycles. The molecule has 2 N–H and O–H groups in total. The summed E-state index contributed by atoms with van der Waals surface area (Å²) in [4.78, 5) is 17.0. The van der Waals surface area contributed by atoms with E-state index in [-0.39, 0.29) is 35.8 Å². The van der Waals surface area contributed by atoms with Gasteiger partial charge < -0.3 is 19.9 Å². The molecule has 2 bridgehead atoms. The smallest absolute Gasteiger partial charge is 0.480 e. The highest BCUT2D eigenvalue weighted by Crippen LogP contribution is 2.67. The molecule has 11 heteroatoms. The lowest BCUT2D eigenvalue weighted by atomic mass is 9.37. The number of carbonyl (C=O) groups excluding carboxylic acids is 1. The van der Waals surface area contributed by atoms with Crippen LogP contribution in [0.5, 0.6) is 11.6 Å². The van der Waals surface area contributed by atoms with Gasteiger partial charge in [-0.25, -0.2) is 4.98 Å². The Hall–Kier alpha value is -2.56. The lowest BCUT2D eigenvalue weighted by molar-refractivity contribution is -0.325. The van der Waals surface area contributed by atoms with Crippen LogP contribution in [0, 0.1) is 0 Å². The number of carbonyl (C=O) groups is 1. The molecule has 2 aromatic rings. The van der Waals surface area contributed by atoms with Crippen molar-refractivity contribution < 1.29 is 37.3 Å². The zero-order valence-electron chi connectivity index (χ0n) is 17.9. The van der Waals surface area contributed by atoms with E-state index in [1.165, 1.54) is 0 Å². The van der Waals surface area contributed by atoms with Crippen LogP contribution in [0.2, 0.25) is 5.02 Å². The highest BCUT2D eigenvalue weighted by Gasteiger charge is 2.69. The van der Waals surface area contributed by atoms with Crippen molar-refractivity contribution in [1.82, 2.24) is 10.3 Å². The molecule has 3 aliphatic carbocycles. The van der Waals surface area contributed by atoms with E-state index < -0.39 is 25.2 Å². The van der Waals surface area contributed by atoms with Crippen molar-refractivity contribution in [3.8, 4) is 11.6 Å². The van der Waals surface area contributed by atoms with Crippen LogP contribution in [0.4, 0.5) is 13.2 Å². The molecular weight excluding hydrogens is 477 g/mol. The molecule has 1 aromatic carbocycles. The van der Waals surface area contributed by atoms with E-state index in [1.54, 1.807) is 30.5 Å². The summed E-state index contributed by atoms with van der Waals surface area (Å²) in [6.45, 7) is -0.873. The van der Waals surface area contributed by atoms with Gasteiger partial charge in [-0.3, -0.25) is 9.53 Å². The van der Waals surface area contributed by atoms with Crippen LogP contribution in [-0.2, 0) is 14.9 Å². The predicted molar refractivity (Wildman–Crippen MR) is 114 cm³/mol. The highest BCUT2D eigenvalue weighted by atomic mass is 35.5. The van der Waals surface area contributed by atoms with Crippen LogP contribution in [0.1, 0.15) is 42.9 Å². The first-order valence-corrected chi connectivity index (χ1v) is 11.2. The molecule has 7 nitrogen and oxygen atoms in total. The second kappa shape index (κ2) is 8.28. The van der Waals surface area contributed by atoms with Crippen LogP contribution < -0.4 is 14.8 Å². The van der Waals surface area contributed by atoms with Crippen LogP contribution in [0.25, 0.3) is 0 Å². The molecule has 34 heavy (non-hydrogen) atoms.